The summed E-state index contributed by atoms with van der Waals surface area (Å²) in [4.78, 5) is 25.5. The maximum atomic E-state index is 12.8. The summed E-state index contributed by atoms with van der Waals surface area (Å²) < 4.78 is 6.58. The molecule has 7 heteroatoms. The van der Waals surface area contributed by atoms with Crippen molar-refractivity contribution >= 4 is 22.4 Å². The third kappa shape index (κ3) is 4.51. The number of carbonyl (C=O) groups is 1. The second kappa shape index (κ2) is 9.14. The van der Waals surface area contributed by atoms with E-state index < -0.39 is 5.91 Å². The van der Waals surface area contributed by atoms with Gasteiger partial charge in [0, 0.05) is 17.5 Å². The summed E-state index contributed by atoms with van der Waals surface area (Å²) >= 11 is 0. The topological polar surface area (TPSA) is 85.6 Å². The Morgan fingerprint density at radius 1 is 1.17 bits per heavy atom. The molecule has 0 spiro atoms. The van der Waals surface area contributed by atoms with Crippen molar-refractivity contribution in [3.8, 4) is 5.75 Å². The Morgan fingerprint density at radius 3 is 2.66 bits per heavy atom. The van der Waals surface area contributed by atoms with Crippen LogP contribution >= 0.6 is 0 Å². The molecule has 0 aliphatic carbocycles. The van der Waals surface area contributed by atoms with Crippen molar-refractivity contribution in [3.05, 3.63) is 70.1 Å². The summed E-state index contributed by atoms with van der Waals surface area (Å²) in [5.74, 6) is 0.243. The van der Waals surface area contributed by atoms with Gasteiger partial charge in [0.05, 0.1) is 18.2 Å². The first-order valence-electron chi connectivity index (χ1n) is 9.54. The molecule has 3 aromatic rings. The molecule has 1 N–H and O–H groups in total. The molecule has 0 radical (unpaired) electrons. The lowest BCUT2D eigenvalue weighted by Crippen LogP contribution is -2.29. The number of unbranched alkanes of at least 4 members (excludes halogenated alkanes) is 1. The molecule has 150 valence electrons. The maximum absolute atomic E-state index is 12.8. The Kier molecular flexibility index (Phi) is 6.39. The first-order valence-corrected chi connectivity index (χ1v) is 9.54. The van der Waals surface area contributed by atoms with Gasteiger partial charge in [-0.2, -0.15) is 10.2 Å². The van der Waals surface area contributed by atoms with Crippen LogP contribution in [0.3, 0.4) is 0 Å². The van der Waals surface area contributed by atoms with Gasteiger partial charge in [0.15, 0.2) is 5.69 Å². The van der Waals surface area contributed by atoms with Crippen LogP contribution in [0.25, 0.3) is 10.8 Å². The second-order valence-electron chi connectivity index (χ2n) is 6.65. The normalized spacial score (nSPS) is 11.5. The Hall–Kier alpha value is -3.48. The molecule has 3 rings (SSSR count). The minimum Gasteiger partial charge on any atom is -0.497 e. The van der Waals surface area contributed by atoms with Gasteiger partial charge in [0.1, 0.15) is 5.75 Å². The summed E-state index contributed by atoms with van der Waals surface area (Å²) in [6.07, 6.45) is 1.73. The number of fused-ring (bicyclic) bond motifs is 1. The Labute approximate surface area is 169 Å². The number of hydrazone groups is 1. The standard InChI is InChI=1S/C22H24N4O3/c1-4-5-13-26-22(28)19-12-7-6-11-18(19)20(25-26)21(27)24-23-15(2)16-9-8-10-17(14-16)29-3/h6-12,14H,4-5,13H2,1-3H3,(H,24,27)/b23-15+. The highest BCUT2D eigenvalue weighted by Crippen LogP contribution is 2.15. The number of amides is 1. The fraction of sp³-hybridized carbons (Fsp3) is 0.273. The fourth-order valence-corrected chi connectivity index (χ4v) is 2.96. The van der Waals surface area contributed by atoms with Crippen molar-refractivity contribution in [2.75, 3.05) is 7.11 Å². The molecule has 0 saturated carbocycles. The number of rotatable bonds is 7. The lowest BCUT2D eigenvalue weighted by Gasteiger charge is -2.10. The zero-order valence-electron chi connectivity index (χ0n) is 16.8. The molecule has 0 aliphatic heterocycles. The van der Waals surface area contributed by atoms with Crippen LogP contribution in [0, 0.1) is 0 Å². The number of hydrogen-bond acceptors (Lipinski definition) is 5. The largest absolute Gasteiger partial charge is 0.497 e. The highest BCUT2D eigenvalue weighted by Gasteiger charge is 2.16. The third-order valence-corrected chi connectivity index (χ3v) is 4.62. The predicted octanol–water partition coefficient (Wildman–Crippen LogP) is 3.36. The number of benzene rings is 2. The van der Waals surface area contributed by atoms with Crippen molar-refractivity contribution in [1.29, 1.82) is 0 Å². The first-order chi connectivity index (χ1) is 14.0. The van der Waals surface area contributed by atoms with E-state index in [0.717, 1.165) is 18.4 Å². The minimum absolute atomic E-state index is 0.179. The molecule has 29 heavy (non-hydrogen) atoms. The van der Waals surface area contributed by atoms with Crippen LogP contribution in [0.1, 0.15) is 42.7 Å². The maximum Gasteiger partial charge on any atom is 0.292 e. The smallest absolute Gasteiger partial charge is 0.292 e. The van der Waals surface area contributed by atoms with Gasteiger partial charge in [-0.3, -0.25) is 9.59 Å². The minimum atomic E-state index is -0.464. The summed E-state index contributed by atoms with van der Waals surface area (Å²) in [7, 11) is 1.59. The molecule has 0 fully saturated rings. The monoisotopic (exact) mass is 392 g/mol. The van der Waals surface area contributed by atoms with E-state index in [4.69, 9.17) is 4.74 Å². The Bertz CT molecular complexity index is 1120. The Balaban J connectivity index is 1.94. The zero-order valence-corrected chi connectivity index (χ0v) is 16.8. The highest BCUT2D eigenvalue weighted by molar-refractivity contribution is 6.06. The SMILES string of the molecule is CCCCn1nc(C(=O)N/N=C(\C)c2cccc(OC)c2)c2ccccc2c1=O. The van der Waals surface area contributed by atoms with Crippen LogP contribution in [-0.4, -0.2) is 28.5 Å². The van der Waals surface area contributed by atoms with Gasteiger partial charge < -0.3 is 4.74 Å². The number of nitrogens with zero attached hydrogens (tertiary/aromatic N) is 3. The van der Waals surface area contributed by atoms with Crippen LogP contribution < -0.4 is 15.7 Å². The molecule has 2 aromatic carbocycles. The average molecular weight is 392 g/mol. The molecule has 1 amide bonds. The fourth-order valence-electron chi connectivity index (χ4n) is 2.96. The van der Waals surface area contributed by atoms with Gasteiger partial charge >= 0.3 is 0 Å². The molecule has 1 heterocycles. The van der Waals surface area contributed by atoms with Crippen LogP contribution in [0.5, 0.6) is 5.75 Å². The average Bonchev–Trinajstić information content (AvgIpc) is 2.77. The molecule has 0 saturated heterocycles. The number of methoxy groups -OCH3 is 1. The third-order valence-electron chi connectivity index (χ3n) is 4.62. The molecular formula is C22H24N4O3. The van der Waals surface area contributed by atoms with Crippen LogP contribution in [0.2, 0.25) is 0 Å². The van der Waals surface area contributed by atoms with E-state index in [-0.39, 0.29) is 11.3 Å². The van der Waals surface area contributed by atoms with Gasteiger partial charge in [-0.25, -0.2) is 10.1 Å². The van der Waals surface area contributed by atoms with Crippen molar-refractivity contribution in [1.82, 2.24) is 15.2 Å². The van der Waals surface area contributed by atoms with Gasteiger partial charge in [0.2, 0.25) is 0 Å². The number of carbonyl (C=O) groups excluding carboxylic acids is 1. The summed E-state index contributed by atoms with van der Waals surface area (Å²) in [6, 6.07) is 14.4. The Morgan fingerprint density at radius 2 is 1.93 bits per heavy atom. The van der Waals surface area contributed by atoms with Crippen molar-refractivity contribution < 1.29 is 9.53 Å². The predicted molar refractivity (Wildman–Crippen MR) is 114 cm³/mol. The lowest BCUT2D eigenvalue weighted by molar-refractivity contribution is 0.0949. The summed E-state index contributed by atoms with van der Waals surface area (Å²) in [6.45, 7) is 4.30. The number of ether oxygens (including phenoxy) is 1. The number of aromatic nitrogens is 2. The van der Waals surface area contributed by atoms with Gasteiger partial charge in [-0.15, -0.1) is 0 Å². The van der Waals surface area contributed by atoms with E-state index in [1.54, 1.807) is 38.3 Å². The number of aryl methyl sites for hydroxylation is 1. The lowest BCUT2D eigenvalue weighted by atomic mass is 10.1. The van der Waals surface area contributed by atoms with Crippen molar-refractivity contribution in [2.24, 2.45) is 5.10 Å². The van der Waals surface area contributed by atoms with Gasteiger partial charge in [-0.1, -0.05) is 43.7 Å². The van der Waals surface area contributed by atoms with Crippen LogP contribution in [0.15, 0.2) is 58.4 Å². The van der Waals surface area contributed by atoms with Gasteiger partial charge in [0.25, 0.3) is 11.5 Å². The molecule has 1 aromatic heterocycles. The summed E-state index contributed by atoms with van der Waals surface area (Å²) in [5.41, 5.74) is 4.00. The number of nitrogens with one attached hydrogen (secondary N) is 1. The van der Waals surface area contributed by atoms with E-state index in [9.17, 15) is 9.59 Å². The zero-order chi connectivity index (χ0) is 20.8. The molecular weight excluding hydrogens is 368 g/mol. The quantitative estimate of drug-likeness (QED) is 0.493. The van der Waals surface area contributed by atoms with E-state index in [1.807, 2.05) is 31.2 Å². The van der Waals surface area contributed by atoms with Crippen LogP contribution in [0.4, 0.5) is 0 Å². The van der Waals surface area contributed by atoms with Crippen molar-refractivity contribution in [2.45, 2.75) is 33.2 Å². The van der Waals surface area contributed by atoms with Crippen LogP contribution in [-0.2, 0) is 6.54 Å². The number of hydrogen-bond donors (Lipinski definition) is 1. The second-order valence-corrected chi connectivity index (χ2v) is 6.65. The molecule has 0 bridgehead atoms. The van der Waals surface area contributed by atoms with E-state index in [0.29, 0.717) is 28.8 Å². The van der Waals surface area contributed by atoms with Crippen molar-refractivity contribution in [3.63, 3.8) is 0 Å². The highest BCUT2D eigenvalue weighted by atomic mass is 16.5. The summed E-state index contributed by atoms with van der Waals surface area (Å²) in [5, 5.41) is 9.50. The molecule has 7 nitrogen and oxygen atoms in total. The molecule has 0 aliphatic rings. The molecule has 0 atom stereocenters. The molecule has 0 unspecified atom stereocenters. The van der Waals surface area contributed by atoms with E-state index in [2.05, 4.69) is 15.6 Å². The van der Waals surface area contributed by atoms with E-state index >= 15 is 0 Å². The first kappa shape index (κ1) is 20.3. The van der Waals surface area contributed by atoms with Gasteiger partial charge in [-0.05, 0) is 31.5 Å². The van der Waals surface area contributed by atoms with E-state index in [1.165, 1.54) is 4.68 Å².